The van der Waals surface area contributed by atoms with Crippen molar-refractivity contribution in [2.45, 2.75) is 25.6 Å². The molecule has 0 saturated heterocycles. The third kappa shape index (κ3) is 6.42. The van der Waals surface area contributed by atoms with Crippen molar-refractivity contribution < 1.29 is 37.4 Å². The lowest BCUT2D eigenvalue weighted by molar-refractivity contribution is -0.140. The second kappa shape index (κ2) is 8.47. The lowest BCUT2D eigenvalue weighted by Gasteiger charge is -2.16. The molecule has 0 fully saturated rings. The number of hydrogen-bond acceptors (Lipinski definition) is 4. The van der Waals surface area contributed by atoms with Crippen molar-refractivity contribution in [2.75, 3.05) is 19.0 Å². The van der Waals surface area contributed by atoms with Gasteiger partial charge in [-0.25, -0.2) is 4.79 Å². The van der Waals surface area contributed by atoms with Gasteiger partial charge in [0.2, 0.25) is 5.91 Å². The van der Waals surface area contributed by atoms with Gasteiger partial charge in [0.05, 0.1) is 5.56 Å². The fourth-order valence-corrected chi connectivity index (χ4v) is 1.93. The van der Waals surface area contributed by atoms with Crippen molar-refractivity contribution in [3.63, 3.8) is 0 Å². The van der Waals surface area contributed by atoms with Gasteiger partial charge >= 0.3 is 12.1 Å². The van der Waals surface area contributed by atoms with Crippen LogP contribution in [0.5, 0.6) is 0 Å². The number of rotatable bonds is 7. The van der Waals surface area contributed by atoms with Crippen LogP contribution in [0.15, 0.2) is 18.2 Å². The van der Waals surface area contributed by atoms with E-state index < -0.39 is 41.1 Å². The van der Waals surface area contributed by atoms with Crippen LogP contribution in [-0.2, 0) is 20.5 Å². The van der Waals surface area contributed by atoms with Gasteiger partial charge < -0.3 is 20.5 Å². The van der Waals surface area contributed by atoms with Gasteiger partial charge in [-0.3, -0.25) is 9.59 Å². The molecule has 1 aromatic carbocycles. The van der Waals surface area contributed by atoms with Crippen LogP contribution < -0.4 is 10.6 Å². The smallest absolute Gasteiger partial charge is 0.416 e. The van der Waals surface area contributed by atoms with Crippen LogP contribution in [0.25, 0.3) is 0 Å². The maximum Gasteiger partial charge on any atom is 0.416 e. The lowest BCUT2D eigenvalue weighted by atomic mass is 10.1. The zero-order valence-electron chi connectivity index (χ0n) is 13.4. The van der Waals surface area contributed by atoms with Crippen LogP contribution in [0.1, 0.15) is 29.3 Å². The summed E-state index contributed by atoms with van der Waals surface area (Å²) in [4.78, 5) is 34.3. The second-order valence-electron chi connectivity index (χ2n) is 5.12. The van der Waals surface area contributed by atoms with E-state index >= 15 is 0 Å². The Kier molecular flexibility index (Phi) is 6.92. The number of halogens is 3. The summed E-state index contributed by atoms with van der Waals surface area (Å²) in [6, 6.07) is 0.959. The molecule has 2 amide bonds. The van der Waals surface area contributed by atoms with E-state index in [1.54, 1.807) is 0 Å². The minimum atomic E-state index is -4.74. The van der Waals surface area contributed by atoms with E-state index in [0.717, 1.165) is 13.0 Å². The summed E-state index contributed by atoms with van der Waals surface area (Å²) in [7, 11) is 1.34. The molecule has 0 aliphatic heterocycles. The van der Waals surface area contributed by atoms with E-state index in [1.807, 2.05) is 0 Å². The Hall–Kier alpha value is -2.62. The number of aliphatic carboxylic acids is 1. The normalized spacial score (nSPS) is 12.4. The molecule has 3 N–H and O–H groups in total. The first-order valence-corrected chi connectivity index (χ1v) is 7.07. The monoisotopic (exact) mass is 362 g/mol. The highest BCUT2D eigenvalue weighted by Crippen LogP contribution is 2.32. The Morgan fingerprint density at radius 1 is 1.24 bits per heavy atom. The molecule has 0 spiro atoms. The molecule has 0 aromatic heterocycles. The van der Waals surface area contributed by atoms with E-state index in [1.165, 1.54) is 7.11 Å². The molecule has 1 unspecified atom stereocenters. The molecule has 0 saturated carbocycles. The highest BCUT2D eigenvalue weighted by atomic mass is 19.4. The first-order valence-electron chi connectivity index (χ1n) is 7.07. The SMILES string of the molecule is COCCC(NC(=O)c1cc(NC(C)=O)cc(C(F)(F)F)c1)C(=O)O. The lowest BCUT2D eigenvalue weighted by Crippen LogP contribution is -2.41. The van der Waals surface area contributed by atoms with Crippen LogP contribution in [0.4, 0.5) is 18.9 Å². The standard InChI is InChI=1S/C15H17F3N2O5/c1-8(21)19-11-6-9(5-10(7-11)15(16,17)18)13(22)20-12(14(23)24)3-4-25-2/h5-7,12H,3-4H2,1-2H3,(H,19,21)(H,20,22)(H,23,24). The third-order valence-electron chi connectivity index (χ3n) is 3.06. The Labute approximate surface area is 141 Å². The van der Waals surface area contributed by atoms with Gasteiger partial charge in [0.1, 0.15) is 6.04 Å². The van der Waals surface area contributed by atoms with Crippen molar-refractivity contribution in [3.8, 4) is 0 Å². The van der Waals surface area contributed by atoms with Gasteiger partial charge in [0.25, 0.3) is 5.91 Å². The summed E-state index contributed by atoms with van der Waals surface area (Å²) in [6.07, 6.45) is -4.80. The third-order valence-corrected chi connectivity index (χ3v) is 3.06. The fourth-order valence-electron chi connectivity index (χ4n) is 1.93. The minimum Gasteiger partial charge on any atom is -0.480 e. The highest BCUT2D eigenvalue weighted by Gasteiger charge is 2.32. The number of anilines is 1. The summed E-state index contributed by atoms with van der Waals surface area (Å²) in [5.41, 5.74) is -1.80. The van der Waals surface area contributed by atoms with Crippen LogP contribution in [0.2, 0.25) is 0 Å². The number of nitrogens with one attached hydrogen (secondary N) is 2. The first kappa shape index (κ1) is 20.4. The van der Waals surface area contributed by atoms with Crippen LogP contribution in [-0.4, -0.2) is 42.6 Å². The molecule has 10 heteroatoms. The Bertz CT molecular complexity index is 661. The van der Waals surface area contributed by atoms with Gasteiger partial charge in [0.15, 0.2) is 0 Å². The van der Waals surface area contributed by atoms with Crippen molar-refractivity contribution in [2.24, 2.45) is 0 Å². The highest BCUT2D eigenvalue weighted by molar-refractivity contribution is 5.98. The summed E-state index contributed by atoms with van der Waals surface area (Å²) < 4.78 is 43.6. The molecule has 0 aliphatic rings. The minimum absolute atomic E-state index is 0.0387. The van der Waals surface area contributed by atoms with Crippen LogP contribution >= 0.6 is 0 Å². The number of benzene rings is 1. The number of carboxylic acids is 1. The van der Waals surface area contributed by atoms with Crippen molar-refractivity contribution in [1.82, 2.24) is 5.32 Å². The largest absolute Gasteiger partial charge is 0.480 e. The van der Waals surface area contributed by atoms with Gasteiger partial charge in [0, 0.05) is 38.3 Å². The predicted molar refractivity (Wildman–Crippen MR) is 81.1 cm³/mol. The Morgan fingerprint density at radius 3 is 2.36 bits per heavy atom. The number of carbonyl (C=O) groups is 3. The van der Waals surface area contributed by atoms with Crippen LogP contribution in [0, 0.1) is 0 Å². The molecular weight excluding hydrogens is 345 g/mol. The number of carboxylic acid groups (broad SMARTS) is 1. The number of amides is 2. The second-order valence-corrected chi connectivity index (χ2v) is 5.12. The van der Waals surface area contributed by atoms with Crippen LogP contribution in [0.3, 0.4) is 0 Å². The van der Waals surface area contributed by atoms with E-state index in [-0.39, 0.29) is 18.7 Å². The number of hydrogen-bond donors (Lipinski definition) is 3. The summed E-state index contributed by atoms with van der Waals surface area (Å²) >= 11 is 0. The molecule has 1 atom stereocenters. The zero-order chi connectivity index (χ0) is 19.2. The average Bonchev–Trinajstić information content (AvgIpc) is 2.49. The van der Waals surface area contributed by atoms with Crippen molar-refractivity contribution >= 4 is 23.5 Å². The summed E-state index contributed by atoms with van der Waals surface area (Å²) in [5.74, 6) is -2.98. The van der Waals surface area contributed by atoms with E-state index in [0.29, 0.717) is 12.1 Å². The molecular formula is C15H17F3N2O5. The zero-order valence-corrected chi connectivity index (χ0v) is 13.4. The Morgan fingerprint density at radius 2 is 1.88 bits per heavy atom. The molecule has 0 heterocycles. The number of alkyl halides is 3. The van der Waals surface area contributed by atoms with E-state index in [2.05, 4.69) is 10.6 Å². The topological polar surface area (TPSA) is 105 Å². The number of ether oxygens (including phenoxy) is 1. The maximum absolute atomic E-state index is 13.0. The molecule has 0 radical (unpaired) electrons. The maximum atomic E-state index is 13.0. The van der Waals surface area contributed by atoms with Crippen molar-refractivity contribution in [3.05, 3.63) is 29.3 Å². The van der Waals surface area contributed by atoms with Gasteiger partial charge in [-0.2, -0.15) is 13.2 Å². The molecule has 7 nitrogen and oxygen atoms in total. The average molecular weight is 362 g/mol. The summed E-state index contributed by atoms with van der Waals surface area (Å²) in [5, 5.41) is 13.3. The fraction of sp³-hybridized carbons (Fsp3) is 0.400. The van der Waals surface area contributed by atoms with Gasteiger partial charge in [-0.15, -0.1) is 0 Å². The molecule has 1 aromatic rings. The Balaban J connectivity index is 3.14. The quantitative estimate of drug-likeness (QED) is 0.687. The molecule has 1 rings (SSSR count). The molecule has 0 aliphatic carbocycles. The summed E-state index contributed by atoms with van der Waals surface area (Å²) in [6.45, 7) is 1.14. The predicted octanol–water partition coefficient (Wildman–Crippen LogP) is 1.88. The molecule has 25 heavy (non-hydrogen) atoms. The van der Waals surface area contributed by atoms with E-state index in [9.17, 15) is 27.6 Å². The number of methoxy groups -OCH3 is 1. The first-order chi connectivity index (χ1) is 11.5. The van der Waals surface area contributed by atoms with Crippen molar-refractivity contribution in [1.29, 1.82) is 0 Å². The van der Waals surface area contributed by atoms with Gasteiger partial charge in [-0.1, -0.05) is 0 Å². The van der Waals surface area contributed by atoms with E-state index in [4.69, 9.17) is 9.84 Å². The molecule has 138 valence electrons. The number of carbonyl (C=O) groups excluding carboxylic acids is 2. The van der Waals surface area contributed by atoms with Gasteiger partial charge in [-0.05, 0) is 18.2 Å². The molecule has 0 bridgehead atoms.